The van der Waals surface area contributed by atoms with E-state index < -0.39 is 0 Å². The van der Waals surface area contributed by atoms with Crippen LogP contribution in [0, 0.1) is 13.2 Å². The second-order valence-electron chi connectivity index (χ2n) is 1.44. The summed E-state index contributed by atoms with van der Waals surface area (Å²) in [6.45, 7) is 13.7. The summed E-state index contributed by atoms with van der Waals surface area (Å²) in [5, 5.41) is 0. The maximum atomic E-state index is 4.93. The van der Waals surface area contributed by atoms with Crippen LogP contribution in [0.5, 0.6) is 0 Å². The number of hydrogen-bond acceptors (Lipinski definition) is 0. The summed E-state index contributed by atoms with van der Waals surface area (Å²) < 4.78 is 0. The van der Waals surface area contributed by atoms with Crippen LogP contribution in [0.4, 0.5) is 0 Å². The van der Waals surface area contributed by atoms with E-state index in [1.54, 1.807) is 12.2 Å². The van der Waals surface area contributed by atoms with Gasteiger partial charge in [0.15, 0.2) is 0 Å². The number of rotatable bonds is 2. The van der Waals surface area contributed by atoms with Crippen LogP contribution in [0.15, 0.2) is 36.5 Å². The Hall–Kier alpha value is -0.274. The molecule has 0 unspecified atom stereocenters. The van der Waals surface area contributed by atoms with Crippen LogP contribution < -0.4 is 0 Å². The fraction of sp³-hybridized carbons (Fsp3) is 0.200. The first kappa shape index (κ1) is 17.0. The molecule has 0 aromatic heterocycles. The quantitative estimate of drug-likeness (QED) is 0.329. The molecular weight excluding hydrogens is 144 g/mol. The third-order valence-corrected chi connectivity index (χ3v) is 0.607. The standard InChI is InChI=1S/2C5H7.Mg/c2*1-3-5-4-2;/h2*1,3-5H,2H3;/q2*-1;+2. The van der Waals surface area contributed by atoms with Gasteiger partial charge in [-0.15, -0.1) is 0 Å². The van der Waals surface area contributed by atoms with Crippen molar-refractivity contribution in [2.75, 3.05) is 0 Å². The second kappa shape index (κ2) is 22.6. The molecule has 0 spiro atoms. The molecule has 0 aliphatic heterocycles. The molecule has 0 nitrogen and oxygen atoms in total. The Morgan fingerprint density at radius 2 is 1.09 bits per heavy atom. The second-order valence-corrected chi connectivity index (χ2v) is 1.44. The van der Waals surface area contributed by atoms with Gasteiger partial charge >= 0.3 is 23.1 Å². The smallest absolute Gasteiger partial charge is 0.293 e. The van der Waals surface area contributed by atoms with E-state index in [9.17, 15) is 0 Å². The monoisotopic (exact) mass is 158 g/mol. The minimum Gasteiger partial charge on any atom is -0.293 e. The minimum atomic E-state index is 0. The van der Waals surface area contributed by atoms with Gasteiger partial charge in [-0.2, -0.15) is 12.2 Å². The third kappa shape index (κ3) is 41.8. The van der Waals surface area contributed by atoms with Gasteiger partial charge < -0.3 is 0 Å². The Bertz CT molecular complexity index is 105. The minimum absolute atomic E-state index is 0. The van der Waals surface area contributed by atoms with Gasteiger partial charge in [0.05, 0.1) is 0 Å². The Labute approximate surface area is 86.5 Å². The summed E-state index contributed by atoms with van der Waals surface area (Å²) in [5.41, 5.74) is 0. The van der Waals surface area contributed by atoms with Gasteiger partial charge in [0.25, 0.3) is 0 Å². The summed E-state index contributed by atoms with van der Waals surface area (Å²) >= 11 is 0. The van der Waals surface area contributed by atoms with E-state index in [1.165, 1.54) is 12.2 Å². The first-order chi connectivity index (χ1) is 4.83. The molecule has 1 heteroatoms. The summed E-state index contributed by atoms with van der Waals surface area (Å²) in [7, 11) is 0. The molecule has 0 aliphatic carbocycles. The molecule has 0 radical (unpaired) electrons. The molecule has 0 atom stereocenters. The average molecular weight is 159 g/mol. The SMILES string of the molecule is [CH-]=CC=CC.[CH-]=CC=CC.[Mg+2]. The zero-order chi connectivity index (χ0) is 8.24. The van der Waals surface area contributed by atoms with Crippen LogP contribution >= 0.6 is 0 Å². The first-order valence-electron chi connectivity index (χ1n) is 3.15. The molecule has 0 N–H and O–H groups in total. The van der Waals surface area contributed by atoms with Crippen molar-refractivity contribution in [2.24, 2.45) is 0 Å². The number of allylic oxidation sites excluding steroid dienone is 6. The van der Waals surface area contributed by atoms with E-state index in [-0.39, 0.29) is 23.1 Å². The average Bonchev–Trinajstić information content (AvgIpc) is 1.93. The number of hydrogen-bond donors (Lipinski definition) is 0. The molecule has 0 amide bonds. The molecule has 0 rings (SSSR count). The third-order valence-electron chi connectivity index (χ3n) is 0.607. The Morgan fingerprint density at radius 1 is 0.818 bits per heavy atom. The Morgan fingerprint density at radius 3 is 1.09 bits per heavy atom. The zero-order valence-corrected chi connectivity index (χ0v) is 8.74. The summed E-state index contributed by atoms with van der Waals surface area (Å²) in [4.78, 5) is 0. The molecule has 0 aromatic carbocycles. The van der Waals surface area contributed by atoms with E-state index in [0.717, 1.165) is 0 Å². The van der Waals surface area contributed by atoms with Crippen molar-refractivity contribution in [1.82, 2.24) is 0 Å². The topological polar surface area (TPSA) is 0 Å². The van der Waals surface area contributed by atoms with Crippen molar-refractivity contribution in [1.29, 1.82) is 0 Å². The predicted molar refractivity (Wildman–Crippen MR) is 53.1 cm³/mol. The van der Waals surface area contributed by atoms with Gasteiger partial charge in [-0.05, 0) is 0 Å². The van der Waals surface area contributed by atoms with Gasteiger partial charge in [0, 0.05) is 0 Å². The normalized spacial score (nSPS) is 8.18. The molecule has 0 aromatic rings. The Kier molecular flexibility index (Phi) is 34.9. The maximum Gasteiger partial charge on any atom is 2.00 e. The van der Waals surface area contributed by atoms with Crippen molar-refractivity contribution >= 4 is 23.1 Å². The fourth-order valence-corrected chi connectivity index (χ4v) is 0.222. The Balaban J connectivity index is -0.000000107. The zero-order valence-electron chi connectivity index (χ0n) is 7.33. The van der Waals surface area contributed by atoms with Crippen LogP contribution in [0.1, 0.15) is 13.8 Å². The van der Waals surface area contributed by atoms with E-state index >= 15 is 0 Å². The van der Waals surface area contributed by atoms with Gasteiger partial charge in [-0.3, -0.25) is 13.2 Å². The van der Waals surface area contributed by atoms with Crippen molar-refractivity contribution < 1.29 is 0 Å². The van der Waals surface area contributed by atoms with E-state index in [4.69, 9.17) is 13.2 Å². The van der Waals surface area contributed by atoms with E-state index in [0.29, 0.717) is 0 Å². The van der Waals surface area contributed by atoms with E-state index in [1.807, 2.05) is 26.0 Å². The summed E-state index contributed by atoms with van der Waals surface area (Å²) in [6.07, 6.45) is 10.3. The van der Waals surface area contributed by atoms with Crippen molar-refractivity contribution in [2.45, 2.75) is 13.8 Å². The van der Waals surface area contributed by atoms with Crippen LogP contribution in [0.25, 0.3) is 0 Å². The molecule has 11 heavy (non-hydrogen) atoms. The van der Waals surface area contributed by atoms with Crippen molar-refractivity contribution in [3.8, 4) is 0 Å². The predicted octanol–water partition coefficient (Wildman–Crippen LogP) is 2.72. The van der Waals surface area contributed by atoms with Gasteiger partial charge in [-0.1, -0.05) is 13.8 Å². The van der Waals surface area contributed by atoms with Crippen LogP contribution in [-0.2, 0) is 0 Å². The molecule has 56 valence electrons. The van der Waals surface area contributed by atoms with Crippen LogP contribution in [0.3, 0.4) is 0 Å². The van der Waals surface area contributed by atoms with E-state index in [2.05, 4.69) is 0 Å². The first-order valence-corrected chi connectivity index (χ1v) is 3.15. The molecule has 0 bridgehead atoms. The van der Waals surface area contributed by atoms with Crippen LogP contribution in [-0.4, -0.2) is 23.1 Å². The van der Waals surface area contributed by atoms with Gasteiger partial charge in [0.1, 0.15) is 0 Å². The van der Waals surface area contributed by atoms with Gasteiger partial charge in [0.2, 0.25) is 0 Å². The molecule has 0 aliphatic rings. The van der Waals surface area contributed by atoms with Gasteiger partial charge in [-0.25, -0.2) is 24.3 Å². The maximum absolute atomic E-state index is 4.93. The van der Waals surface area contributed by atoms with Crippen molar-refractivity contribution in [3.05, 3.63) is 49.6 Å². The van der Waals surface area contributed by atoms with Crippen LogP contribution in [0.2, 0.25) is 0 Å². The summed E-state index contributed by atoms with van der Waals surface area (Å²) in [6, 6.07) is 0. The molecule has 0 fully saturated rings. The van der Waals surface area contributed by atoms with Crippen molar-refractivity contribution in [3.63, 3.8) is 0 Å². The summed E-state index contributed by atoms with van der Waals surface area (Å²) in [5.74, 6) is 0. The fourth-order valence-electron chi connectivity index (χ4n) is 0.222. The molecular formula is C10H14Mg. The molecule has 0 saturated carbocycles. The largest absolute Gasteiger partial charge is 2.00 e. The molecule has 0 heterocycles. The molecule has 0 saturated heterocycles.